The van der Waals surface area contributed by atoms with Gasteiger partial charge in [-0.2, -0.15) is 5.10 Å². The summed E-state index contributed by atoms with van der Waals surface area (Å²) in [4.78, 5) is 32.0. The summed E-state index contributed by atoms with van der Waals surface area (Å²) in [5.41, 5.74) is 2.21. The molecule has 4 heterocycles. The molecule has 2 aliphatic rings. The van der Waals surface area contributed by atoms with Crippen LogP contribution in [0.25, 0.3) is 5.65 Å². The Hall–Kier alpha value is -3.66. The molecule has 2 amide bonds. The van der Waals surface area contributed by atoms with Crippen LogP contribution in [0, 0.1) is 0 Å². The van der Waals surface area contributed by atoms with E-state index in [0.29, 0.717) is 55.4 Å². The standard InChI is InChI=1S/C22H24N6O4/c1-22(21(30)23-2)12-14-10-16(17(11-18(14)32-22)27-6-8-31-9-7-27)26-20(29)15-13-25-28-5-3-4-24-19(15)28/h3-5,10-11,13H,6-9,12H2,1-2H3,(H,23,30)(H,26,29). The molecule has 10 nitrogen and oxygen atoms in total. The SMILES string of the molecule is CNC(=O)C1(C)Cc2cc(NC(=O)c3cnn4cccnc34)c(N3CCOCC3)cc2O1. The van der Waals surface area contributed by atoms with Gasteiger partial charge in [0.25, 0.3) is 11.8 Å². The number of benzene rings is 1. The molecular formula is C22H24N6O4. The number of carbonyl (C=O) groups is 2. The van der Waals surface area contributed by atoms with Gasteiger partial charge in [0.15, 0.2) is 11.2 Å². The van der Waals surface area contributed by atoms with Gasteiger partial charge in [-0.3, -0.25) is 9.59 Å². The summed E-state index contributed by atoms with van der Waals surface area (Å²) < 4.78 is 13.1. The van der Waals surface area contributed by atoms with Crippen LogP contribution in [0.3, 0.4) is 0 Å². The van der Waals surface area contributed by atoms with E-state index in [1.54, 1.807) is 36.9 Å². The van der Waals surface area contributed by atoms with Crippen LogP contribution in [-0.2, 0) is 16.0 Å². The number of hydrogen-bond acceptors (Lipinski definition) is 7. The van der Waals surface area contributed by atoms with Crippen LogP contribution in [-0.4, -0.2) is 65.4 Å². The summed E-state index contributed by atoms with van der Waals surface area (Å²) in [6, 6.07) is 5.55. The van der Waals surface area contributed by atoms with Crippen molar-refractivity contribution in [2.45, 2.75) is 18.9 Å². The van der Waals surface area contributed by atoms with Crippen molar-refractivity contribution in [2.24, 2.45) is 0 Å². The topological polar surface area (TPSA) is 110 Å². The lowest BCUT2D eigenvalue weighted by molar-refractivity contribution is -0.133. The highest BCUT2D eigenvalue weighted by molar-refractivity contribution is 6.09. The molecule has 1 fully saturated rings. The summed E-state index contributed by atoms with van der Waals surface area (Å²) in [5, 5.41) is 9.90. The zero-order valence-electron chi connectivity index (χ0n) is 17.9. The monoisotopic (exact) mass is 436 g/mol. The highest BCUT2D eigenvalue weighted by Gasteiger charge is 2.42. The number of anilines is 2. The summed E-state index contributed by atoms with van der Waals surface area (Å²) in [6.07, 6.45) is 5.28. The molecule has 1 aromatic carbocycles. The Kier molecular flexibility index (Phi) is 4.93. The van der Waals surface area contributed by atoms with Crippen molar-refractivity contribution in [1.29, 1.82) is 0 Å². The number of likely N-dealkylation sites (N-methyl/N-ethyl adjacent to an activating group) is 1. The van der Waals surface area contributed by atoms with Crippen LogP contribution in [0.1, 0.15) is 22.8 Å². The number of morpholine rings is 1. The van der Waals surface area contributed by atoms with Gasteiger partial charge in [0.2, 0.25) is 0 Å². The Morgan fingerprint density at radius 1 is 1.22 bits per heavy atom. The van der Waals surface area contributed by atoms with Crippen LogP contribution in [0.5, 0.6) is 5.75 Å². The van der Waals surface area contributed by atoms with Crippen molar-refractivity contribution in [3.05, 3.63) is 47.9 Å². The van der Waals surface area contributed by atoms with Crippen molar-refractivity contribution in [1.82, 2.24) is 19.9 Å². The predicted octanol–water partition coefficient (Wildman–Crippen LogP) is 1.26. The zero-order chi connectivity index (χ0) is 22.3. The maximum atomic E-state index is 13.2. The van der Waals surface area contributed by atoms with E-state index in [9.17, 15) is 9.59 Å². The molecule has 0 spiro atoms. The van der Waals surface area contributed by atoms with E-state index < -0.39 is 5.60 Å². The summed E-state index contributed by atoms with van der Waals surface area (Å²) in [6.45, 7) is 4.33. The lowest BCUT2D eigenvalue weighted by atomic mass is 9.97. The lowest BCUT2D eigenvalue weighted by Crippen LogP contribution is -2.46. The maximum Gasteiger partial charge on any atom is 0.264 e. The van der Waals surface area contributed by atoms with E-state index in [1.165, 1.54) is 6.20 Å². The fraction of sp³-hybridized carbons (Fsp3) is 0.364. The first-order valence-electron chi connectivity index (χ1n) is 10.5. The molecule has 0 aliphatic carbocycles. The number of carbonyl (C=O) groups excluding carboxylic acids is 2. The minimum absolute atomic E-state index is 0.190. The highest BCUT2D eigenvalue weighted by atomic mass is 16.5. The van der Waals surface area contributed by atoms with E-state index in [-0.39, 0.29) is 11.8 Å². The van der Waals surface area contributed by atoms with Gasteiger partial charge in [-0.05, 0) is 19.1 Å². The van der Waals surface area contributed by atoms with Crippen LogP contribution in [0.2, 0.25) is 0 Å². The Bertz CT molecular complexity index is 1200. The molecule has 1 saturated heterocycles. The Balaban J connectivity index is 1.51. The first-order valence-corrected chi connectivity index (χ1v) is 10.5. The molecule has 32 heavy (non-hydrogen) atoms. The largest absolute Gasteiger partial charge is 0.477 e. The van der Waals surface area contributed by atoms with Gasteiger partial charge in [-0.25, -0.2) is 9.50 Å². The van der Waals surface area contributed by atoms with Gasteiger partial charge >= 0.3 is 0 Å². The molecule has 2 aliphatic heterocycles. The van der Waals surface area contributed by atoms with Crippen molar-refractivity contribution in [3.8, 4) is 5.75 Å². The quantitative estimate of drug-likeness (QED) is 0.634. The number of aromatic nitrogens is 3. The molecule has 1 unspecified atom stereocenters. The number of nitrogens with one attached hydrogen (secondary N) is 2. The molecule has 2 N–H and O–H groups in total. The molecule has 2 aromatic heterocycles. The average molecular weight is 436 g/mol. The van der Waals surface area contributed by atoms with Gasteiger partial charge < -0.3 is 25.0 Å². The van der Waals surface area contributed by atoms with Crippen LogP contribution >= 0.6 is 0 Å². The molecule has 10 heteroatoms. The minimum Gasteiger partial charge on any atom is -0.477 e. The van der Waals surface area contributed by atoms with Crippen LogP contribution in [0.15, 0.2) is 36.8 Å². The van der Waals surface area contributed by atoms with E-state index in [4.69, 9.17) is 9.47 Å². The molecule has 0 bridgehead atoms. The second kappa shape index (κ2) is 7.79. The molecule has 5 rings (SSSR count). The predicted molar refractivity (Wildman–Crippen MR) is 117 cm³/mol. The molecule has 1 atom stereocenters. The first-order chi connectivity index (χ1) is 15.5. The van der Waals surface area contributed by atoms with Gasteiger partial charge in [0, 0.05) is 50.6 Å². The number of nitrogens with zero attached hydrogens (tertiary/aromatic N) is 4. The van der Waals surface area contributed by atoms with Crippen molar-refractivity contribution in [2.75, 3.05) is 43.6 Å². The fourth-order valence-corrected chi connectivity index (χ4v) is 4.22. The highest BCUT2D eigenvalue weighted by Crippen LogP contribution is 2.42. The van der Waals surface area contributed by atoms with E-state index >= 15 is 0 Å². The zero-order valence-corrected chi connectivity index (χ0v) is 17.9. The number of fused-ring (bicyclic) bond motifs is 2. The van der Waals surface area contributed by atoms with Gasteiger partial charge in [-0.1, -0.05) is 0 Å². The first kappa shape index (κ1) is 20.3. The smallest absolute Gasteiger partial charge is 0.264 e. The van der Waals surface area contributed by atoms with Gasteiger partial charge in [-0.15, -0.1) is 0 Å². The normalized spacial score (nSPS) is 20.0. The molecule has 0 radical (unpaired) electrons. The van der Waals surface area contributed by atoms with E-state index in [1.807, 2.05) is 12.1 Å². The van der Waals surface area contributed by atoms with Gasteiger partial charge in [0.1, 0.15) is 11.3 Å². The van der Waals surface area contributed by atoms with E-state index in [2.05, 4.69) is 25.6 Å². The second-order valence-electron chi connectivity index (χ2n) is 8.07. The Labute approximate surface area is 184 Å². The van der Waals surface area contributed by atoms with Crippen LogP contribution in [0.4, 0.5) is 11.4 Å². The molecule has 3 aromatic rings. The maximum absolute atomic E-state index is 13.2. The van der Waals surface area contributed by atoms with Crippen molar-refractivity contribution in [3.63, 3.8) is 0 Å². The second-order valence-corrected chi connectivity index (χ2v) is 8.07. The van der Waals surface area contributed by atoms with Crippen molar-refractivity contribution >= 4 is 28.8 Å². The number of hydrogen-bond donors (Lipinski definition) is 2. The minimum atomic E-state index is -0.992. The number of ether oxygens (including phenoxy) is 2. The number of amides is 2. The fourth-order valence-electron chi connectivity index (χ4n) is 4.22. The third-order valence-electron chi connectivity index (χ3n) is 5.87. The Morgan fingerprint density at radius 3 is 2.81 bits per heavy atom. The summed E-state index contributed by atoms with van der Waals surface area (Å²) >= 11 is 0. The third kappa shape index (κ3) is 3.42. The van der Waals surface area contributed by atoms with Crippen molar-refractivity contribution < 1.29 is 19.1 Å². The average Bonchev–Trinajstić information content (AvgIpc) is 3.39. The summed E-state index contributed by atoms with van der Waals surface area (Å²) in [7, 11) is 1.59. The summed E-state index contributed by atoms with van der Waals surface area (Å²) in [5.74, 6) is 0.152. The van der Waals surface area contributed by atoms with Gasteiger partial charge in [0.05, 0.1) is 30.8 Å². The lowest BCUT2D eigenvalue weighted by Gasteiger charge is -2.31. The van der Waals surface area contributed by atoms with Crippen LogP contribution < -0.4 is 20.3 Å². The Morgan fingerprint density at radius 2 is 2.03 bits per heavy atom. The van der Waals surface area contributed by atoms with E-state index in [0.717, 1.165) is 11.3 Å². The molecule has 166 valence electrons. The third-order valence-corrected chi connectivity index (χ3v) is 5.87. The molecular weight excluding hydrogens is 412 g/mol. The number of rotatable bonds is 4. The molecule has 0 saturated carbocycles.